The number of rotatable bonds is 4. The van der Waals surface area contributed by atoms with E-state index in [9.17, 15) is 9.90 Å². The van der Waals surface area contributed by atoms with Crippen molar-refractivity contribution in [2.75, 3.05) is 13.1 Å². The maximum absolute atomic E-state index is 11.1. The van der Waals surface area contributed by atoms with E-state index in [0.29, 0.717) is 22.2 Å². The van der Waals surface area contributed by atoms with Gasteiger partial charge in [-0.1, -0.05) is 23.2 Å². The Morgan fingerprint density at radius 3 is 2.41 bits per heavy atom. The number of hydrogen-bond acceptors (Lipinski definition) is 2. The van der Waals surface area contributed by atoms with Crippen molar-refractivity contribution in [1.29, 1.82) is 0 Å². The molecule has 1 rings (SSSR count). The molecular weight excluding hydrogens is 263 g/mol. The van der Waals surface area contributed by atoms with Crippen molar-refractivity contribution >= 4 is 29.2 Å². The first-order chi connectivity index (χ1) is 8.02. The standard InChI is InChI=1S/C11H14Cl2N2O2/c1-2-14-11(17)15-6-10(16)7-3-8(12)5-9(13)4-7/h3-5,10,16H,2,6H2,1H3,(H2,14,15,17). The van der Waals surface area contributed by atoms with E-state index in [4.69, 9.17) is 23.2 Å². The number of benzene rings is 1. The molecule has 1 unspecified atom stereocenters. The number of aliphatic hydroxyl groups is 1. The smallest absolute Gasteiger partial charge is 0.314 e. The molecule has 0 aliphatic rings. The molecule has 0 aliphatic carbocycles. The molecule has 3 N–H and O–H groups in total. The summed E-state index contributed by atoms with van der Waals surface area (Å²) in [6, 6.07) is 4.48. The highest BCUT2D eigenvalue weighted by Gasteiger charge is 2.10. The molecule has 0 saturated heterocycles. The summed E-state index contributed by atoms with van der Waals surface area (Å²) < 4.78 is 0. The van der Waals surface area contributed by atoms with Gasteiger partial charge in [0, 0.05) is 23.1 Å². The molecule has 1 atom stereocenters. The highest BCUT2D eigenvalue weighted by atomic mass is 35.5. The summed E-state index contributed by atoms with van der Waals surface area (Å²) in [6.07, 6.45) is -0.839. The van der Waals surface area contributed by atoms with E-state index in [1.54, 1.807) is 18.2 Å². The molecule has 1 aromatic carbocycles. The Hall–Kier alpha value is -0.970. The highest BCUT2D eigenvalue weighted by Crippen LogP contribution is 2.23. The van der Waals surface area contributed by atoms with E-state index < -0.39 is 6.10 Å². The Balaban J connectivity index is 2.57. The molecule has 0 saturated carbocycles. The van der Waals surface area contributed by atoms with Gasteiger partial charge in [0.05, 0.1) is 6.10 Å². The van der Waals surface area contributed by atoms with E-state index in [1.807, 2.05) is 6.92 Å². The minimum Gasteiger partial charge on any atom is -0.387 e. The van der Waals surface area contributed by atoms with Gasteiger partial charge in [-0.15, -0.1) is 0 Å². The molecule has 0 spiro atoms. The molecule has 0 fully saturated rings. The molecule has 94 valence electrons. The lowest BCUT2D eigenvalue weighted by Gasteiger charge is -2.13. The number of aliphatic hydroxyl groups excluding tert-OH is 1. The quantitative estimate of drug-likeness (QED) is 0.791. The Kier molecular flexibility index (Phi) is 5.55. The van der Waals surface area contributed by atoms with E-state index in [-0.39, 0.29) is 12.6 Å². The molecule has 0 bridgehead atoms. The molecule has 0 aromatic heterocycles. The maximum Gasteiger partial charge on any atom is 0.314 e. The van der Waals surface area contributed by atoms with Gasteiger partial charge in [-0.2, -0.15) is 0 Å². The van der Waals surface area contributed by atoms with E-state index in [2.05, 4.69) is 10.6 Å². The third-order valence-corrected chi connectivity index (χ3v) is 2.50. The molecule has 0 heterocycles. The van der Waals surface area contributed by atoms with Crippen molar-refractivity contribution < 1.29 is 9.90 Å². The fourth-order valence-corrected chi connectivity index (χ4v) is 1.84. The number of urea groups is 1. The summed E-state index contributed by atoms with van der Waals surface area (Å²) >= 11 is 11.6. The molecule has 1 aromatic rings. The third-order valence-electron chi connectivity index (χ3n) is 2.06. The van der Waals surface area contributed by atoms with Crippen LogP contribution in [0, 0.1) is 0 Å². The van der Waals surface area contributed by atoms with Gasteiger partial charge in [0.1, 0.15) is 0 Å². The van der Waals surface area contributed by atoms with Crippen LogP contribution in [-0.4, -0.2) is 24.2 Å². The number of hydrogen-bond donors (Lipinski definition) is 3. The first-order valence-corrected chi connectivity index (χ1v) is 5.94. The lowest BCUT2D eigenvalue weighted by Crippen LogP contribution is -2.37. The van der Waals surface area contributed by atoms with Crippen molar-refractivity contribution in [1.82, 2.24) is 10.6 Å². The van der Waals surface area contributed by atoms with Gasteiger partial charge in [-0.25, -0.2) is 4.79 Å². The zero-order valence-electron chi connectivity index (χ0n) is 9.34. The Labute approximate surface area is 110 Å². The number of carbonyl (C=O) groups excluding carboxylic acids is 1. The van der Waals surface area contributed by atoms with Crippen LogP contribution < -0.4 is 10.6 Å². The van der Waals surface area contributed by atoms with Crippen LogP contribution in [0.15, 0.2) is 18.2 Å². The summed E-state index contributed by atoms with van der Waals surface area (Å²) in [6.45, 7) is 2.44. The van der Waals surface area contributed by atoms with Crippen molar-refractivity contribution in [2.45, 2.75) is 13.0 Å². The first-order valence-electron chi connectivity index (χ1n) is 5.18. The normalized spacial score (nSPS) is 12.0. The van der Waals surface area contributed by atoms with E-state index in [1.165, 1.54) is 0 Å². The average molecular weight is 277 g/mol. The lowest BCUT2D eigenvalue weighted by atomic mass is 10.1. The molecular formula is C11H14Cl2N2O2. The van der Waals surface area contributed by atoms with Gasteiger partial charge in [0.15, 0.2) is 0 Å². The minimum atomic E-state index is -0.839. The van der Waals surface area contributed by atoms with Crippen molar-refractivity contribution in [3.8, 4) is 0 Å². The predicted molar refractivity (Wildman–Crippen MR) is 68.5 cm³/mol. The first kappa shape index (κ1) is 14.1. The lowest BCUT2D eigenvalue weighted by molar-refractivity contribution is 0.173. The van der Waals surface area contributed by atoms with Crippen LogP contribution in [0.5, 0.6) is 0 Å². The van der Waals surface area contributed by atoms with Gasteiger partial charge in [0.2, 0.25) is 0 Å². The van der Waals surface area contributed by atoms with Crippen molar-refractivity contribution in [3.05, 3.63) is 33.8 Å². The molecule has 0 aliphatic heterocycles. The predicted octanol–water partition coefficient (Wildman–Crippen LogP) is 2.35. The summed E-state index contributed by atoms with van der Waals surface area (Å²) in [5.74, 6) is 0. The number of amides is 2. The molecule has 4 nitrogen and oxygen atoms in total. The number of nitrogens with one attached hydrogen (secondary N) is 2. The van der Waals surface area contributed by atoms with Crippen LogP contribution >= 0.6 is 23.2 Å². The van der Waals surface area contributed by atoms with E-state index >= 15 is 0 Å². The second-order valence-electron chi connectivity index (χ2n) is 3.46. The molecule has 17 heavy (non-hydrogen) atoms. The van der Waals surface area contributed by atoms with Crippen LogP contribution in [-0.2, 0) is 0 Å². The van der Waals surface area contributed by atoms with E-state index in [0.717, 1.165) is 0 Å². The van der Waals surface area contributed by atoms with Crippen LogP contribution in [0.3, 0.4) is 0 Å². The summed E-state index contributed by atoms with van der Waals surface area (Å²) in [5.41, 5.74) is 0.569. The summed E-state index contributed by atoms with van der Waals surface area (Å²) in [5, 5.41) is 15.8. The van der Waals surface area contributed by atoms with Gasteiger partial charge >= 0.3 is 6.03 Å². The second kappa shape index (κ2) is 6.69. The second-order valence-corrected chi connectivity index (χ2v) is 4.33. The number of halogens is 2. The monoisotopic (exact) mass is 276 g/mol. The van der Waals surface area contributed by atoms with Crippen LogP contribution in [0.25, 0.3) is 0 Å². The molecule has 2 amide bonds. The minimum absolute atomic E-state index is 0.0997. The fraction of sp³-hybridized carbons (Fsp3) is 0.364. The SMILES string of the molecule is CCNC(=O)NCC(O)c1cc(Cl)cc(Cl)c1. The Morgan fingerprint density at radius 2 is 1.88 bits per heavy atom. The van der Waals surface area contributed by atoms with Crippen molar-refractivity contribution in [2.24, 2.45) is 0 Å². The molecule has 6 heteroatoms. The van der Waals surface area contributed by atoms with Gasteiger partial charge < -0.3 is 15.7 Å². The summed E-state index contributed by atoms with van der Waals surface area (Å²) in [4.78, 5) is 11.1. The third kappa shape index (κ3) is 4.81. The summed E-state index contributed by atoms with van der Waals surface area (Å²) in [7, 11) is 0. The zero-order chi connectivity index (χ0) is 12.8. The maximum atomic E-state index is 11.1. The average Bonchev–Trinajstić information content (AvgIpc) is 2.25. The fourth-order valence-electron chi connectivity index (χ4n) is 1.30. The highest BCUT2D eigenvalue weighted by molar-refractivity contribution is 6.34. The van der Waals surface area contributed by atoms with Crippen LogP contribution in [0.2, 0.25) is 10.0 Å². The van der Waals surface area contributed by atoms with Gasteiger partial charge in [-0.3, -0.25) is 0 Å². The molecule has 0 radical (unpaired) electrons. The van der Waals surface area contributed by atoms with Crippen LogP contribution in [0.1, 0.15) is 18.6 Å². The van der Waals surface area contributed by atoms with Crippen LogP contribution in [0.4, 0.5) is 4.79 Å². The topological polar surface area (TPSA) is 61.4 Å². The van der Waals surface area contributed by atoms with Crippen molar-refractivity contribution in [3.63, 3.8) is 0 Å². The Bertz CT molecular complexity index is 379. The van der Waals surface area contributed by atoms with Gasteiger partial charge in [-0.05, 0) is 30.7 Å². The van der Waals surface area contributed by atoms with Gasteiger partial charge in [0.25, 0.3) is 0 Å². The largest absolute Gasteiger partial charge is 0.387 e. The Morgan fingerprint density at radius 1 is 1.29 bits per heavy atom. The zero-order valence-corrected chi connectivity index (χ0v) is 10.8. The number of carbonyl (C=O) groups is 1.